The van der Waals surface area contributed by atoms with Crippen LogP contribution < -0.4 is 5.32 Å². The standard InChI is InChI=1S/C75H147NO5/c1-3-5-7-9-11-13-15-16-17-18-39-42-45-49-53-57-61-65-69-75(80)81-70-66-62-58-54-50-46-43-40-37-35-33-31-29-27-25-23-21-19-20-22-24-26-28-30-32-34-36-38-41-44-48-52-56-60-64-68-74(79)76-72(71-77)73(78)67-63-59-55-51-47-14-12-10-8-6-4-2/h17-18,72-73,77-78H,3-16,19-71H2,1-2H3,(H,76,79)/b18-17-. The number of aliphatic hydroxyl groups is 2. The van der Waals surface area contributed by atoms with E-state index in [4.69, 9.17) is 4.74 Å². The summed E-state index contributed by atoms with van der Waals surface area (Å²) in [7, 11) is 0. The smallest absolute Gasteiger partial charge is 0.305 e. The lowest BCUT2D eigenvalue weighted by Crippen LogP contribution is -2.45. The van der Waals surface area contributed by atoms with Crippen LogP contribution in [0.15, 0.2) is 12.2 Å². The summed E-state index contributed by atoms with van der Waals surface area (Å²) in [4.78, 5) is 24.6. The lowest BCUT2D eigenvalue weighted by Gasteiger charge is -2.22. The van der Waals surface area contributed by atoms with Gasteiger partial charge in [0.2, 0.25) is 5.91 Å². The van der Waals surface area contributed by atoms with Gasteiger partial charge in [0, 0.05) is 12.8 Å². The van der Waals surface area contributed by atoms with E-state index in [1.54, 1.807) is 0 Å². The fraction of sp³-hybridized carbons (Fsp3) is 0.947. The zero-order chi connectivity index (χ0) is 58.5. The van der Waals surface area contributed by atoms with Crippen LogP contribution in [0.1, 0.15) is 431 Å². The third-order valence-corrected chi connectivity index (χ3v) is 17.8. The largest absolute Gasteiger partial charge is 0.466 e. The van der Waals surface area contributed by atoms with Gasteiger partial charge in [0.15, 0.2) is 0 Å². The normalized spacial score (nSPS) is 12.5. The molecule has 0 radical (unpaired) electrons. The molecule has 6 nitrogen and oxygen atoms in total. The highest BCUT2D eigenvalue weighted by atomic mass is 16.5. The maximum atomic E-state index is 12.5. The Kier molecular flexibility index (Phi) is 69.9. The fourth-order valence-electron chi connectivity index (χ4n) is 12.1. The Morgan fingerprint density at radius 3 is 0.877 bits per heavy atom. The molecular formula is C75H147NO5. The van der Waals surface area contributed by atoms with Gasteiger partial charge in [0.1, 0.15) is 0 Å². The lowest BCUT2D eigenvalue weighted by atomic mass is 10.0. The molecule has 81 heavy (non-hydrogen) atoms. The van der Waals surface area contributed by atoms with Crippen molar-refractivity contribution in [2.24, 2.45) is 0 Å². The third kappa shape index (κ3) is 67.6. The van der Waals surface area contributed by atoms with E-state index in [0.717, 1.165) is 38.5 Å². The number of carbonyl (C=O) groups excluding carboxylic acids is 2. The first-order valence-electron chi connectivity index (χ1n) is 37.4. The molecule has 0 aliphatic rings. The van der Waals surface area contributed by atoms with E-state index < -0.39 is 12.1 Å². The predicted molar refractivity (Wildman–Crippen MR) is 357 cm³/mol. The van der Waals surface area contributed by atoms with Crippen LogP contribution >= 0.6 is 0 Å². The highest BCUT2D eigenvalue weighted by Crippen LogP contribution is 2.20. The van der Waals surface area contributed by atoms with Gasteiger partial charge < -0.3 is 20.3 Å². The van der Waals surface area contributed by atoms with Gasteiger partial charge in [-0.1, -0.05) is 379 Å². The van der Waals surface area contributed by atoms with Crippen LogP contribution in [0.5, 0.6) is 0 Å². The highest BCUT2D eigenvalue weighted by molar-refractivity contribution is 5.76. The SMILES string of the molecule is CCCCCCCCC/C=C\CCCCCCCCCC(=O)OCCCCCCCCCCCCCCCCCCCCCCCCCCCCCCCCCCCCCC(=O)NC(CO)C(O)CCCCCCCCCCCCC. The first-order valence-corrected chi connectivity index (χ1v) is 37.4. The van der Waals surface area contributed by atoms with E-state index in [1.807, 2.05) is 0 Å². The van der Waals surface area contributed by atoms with Gasteiger partial charge in [-0.05, 0) is 51.4 Å². The van der Waals surface area contributed by atoms with Crippen LogP contribution in [-0.2, 0) is 14.3 Å². The molecule has 0 aromatic heterocycles. The van der Waals surface area contributed by atoms with Crippen molar-refractivity contribution in [2.45, 2.75) is 443 Å². The van der Waals surface area contributed by atoms with Gasteiger partial charge in [0.05, 0.1) is 25.4 Å². The van der Waals surface area contributed by atoms with Crippen LogP contribution in [0, 0.1) is 0 Å². The van der Waals surface area contributed by atoms with Gasteiger partial charge in [-0.2, -0.15) is 0 Å². The molecule has 0 aromatic carbocycles. The molecule has 3 N–H and O–H groups in total. The summed E-state index contributed by atoms with van der Waals surface area (Å²) >= 11 is 0. The molecule has 1 amide bonds. The number of ether oxygens (including phenoxy) is 1. The van der Waals surface area contributed by atoms with Crippen molar-refractivity contribution in [3.05, 3.63) is 12.2 Å². The van der Waals surface area contributed by atoms with Crippen molar-refractivity contribution in [3.63, 3.8) is 0 Å². The number of rotatable bonds is 71. The van der Waals surface area contributed by atoms with Crippen LogP contribution in [0.3, 0.4) is 0 Å². The van der Waals surface area contributed by atoms with Crippen molar-refractivity contribution >= 4 is 11.9 Å². The summed E-state index contributed by atoms with van der Waals surface area (Å²) < 4.78 is 5.51. The zero-order valence-corrected chi connectivity index (χ0v) is 55.3. The van der Waals surface area contributed by atoms with E-state index in [2.05, 4.69) is 31.3 Å². The molecule has 0 bridgehead atoms. The molecule has 0 aliphatic heterocycles. The Balaban J connectivity index is 3.27. The van der Waals surface area contributed by atoms with E-state index in [-0.39, 0.29) is 18.5 Å². The Morgan fingerprint density at radius 1 is 0.333 bits per heavy atom. The summed E-state index contributed by atoms with van der Waals surface area (Å²) in [5.74, 6) is -0.00749. The summed E-state index contributed by atoms with van der Waals surface area (Å²) in [5, 5.41) is 23.2. The maximum absolute atomic E-state index is 12.5. The van der Waals surface area contributed by atoms with Gasteiger partial charge >= 0.3 is 5.97 Å². The molecule has 482 valence electrons. The van der Waals surface area contributed by atoms with Crippen molar-refractivity contribution in [2.75, 3.05) is 13.2 Å². The minimum Gasteiger partial charge on any atom is -0.466 e. The third-order valence-electron chi connectivity index (χ3n) is 17.8. The van der Waals surface area contributed by atoms with Crippen LogP contribution in [0.4, 0.5) is 0 Å². The average molecular weight is 1140 g/mol. The molecular weight excluding hydrogens is 995 g/mol. The van der Waals surface area contributed by atoms with Crippen LogP contribution in [0.2, 0.25) is 0 Å². The number of allylic oxidation sites excluding steroid dienone is 2. The molecule has 6 heteroatoms. The number of aliphatic hydroxyl groups excluding tert-OH is 2. The summed E-state index contributed by atoms with van der Waals surface area (Å²) in [6.45, 7) is 4.98. The van der Waals surface area contributed by atoms with Crippen molar-refractivity contribution in [3.8, 4) is 0 Å². The number of amides is 1. The molecule has 0 heterocycles. The molecule has 0 saturated heterocycles. The van der Waals surface area contributed by atoms with E-state index in [1.165, 1.54) is 360 Å². The van der Waals surface area contributed by atoms with Crippen LogP contribution in [-0.4, -0.2) is 47.4 Å². The number of carbonyl (C=O) groups is 2. The van der Waals surface area contributed by atoms with E-state index in [9.17, 15) is 19.8 Å². The maximum Gasteiger partial charge on any atom is 0.305 e. The Labute approximate surface area is 508 Å². The van der Waals surface area contributed by atoms with Gasteiger partial charge in [0.25, 0.3) is 0 Å². The van der Waals surface area contributed by atoms with Crippen molar-refractivity contribution in [1.29, 1.82) is 0 Å². The molecule has 0 aliphatic carbocycles. The van der Waals surface area contributed by atoms with Gasteiger partial charge in [-0.15, -0.1) is 0 Å². The minimum absolute atomic E-state index is 0.0206. The second-order valence-electron chi connectivity index (χ2n) is 26.0. The molecule has 0 spiro atoms. The fourth-order valence-corrected chi connectivity index (χ4v) is 12.1. The second-order valence-corrected chi connectivity index (χ2v) is 26.0. The summed E-state index contributed by atoms with van der Waals surface area (Å²) in [6.07, 6.45) is 88.7. The quantitative estimate of drug-likeness (QED) is 0.0320. The molecule has 2 atom stereocenters. The summed E-state index contributed by atoms with van der Waals surface area (Å²) in [6, 6.07) is -0.535. The second kappa shape index (κ2) is 71.1. The van der Waals surface area contributed by atoms with Gasteiger partial charge in [-0.3, -0.25) is 9.59 Å². The number of hydrogen-bond donors (Lipinski definition) is 3. The molecule has 0 saturated carbocycles. The Morgan fingerprint density at radius 2 is 0.580 bits per heavy atom. The average Bonchev–Trinajstić information content (AvgIpc) is 3.47. The molecule has 0 rings (SSSR count). The Bertz CT molecular complexity index is 1220. The van der Waals surface area contributed by atoms with Crippen molar-refractivity contribution in [1.82, 2.24) is 5.32 Å². The Hall–Kier alpha value is -1.40. The van der Waals surface area contributed by atoms with E-state index >= 15 is 0 Å². The number of esters is 1. The molecule has 2 unspecified atom stereocenters. The monoisotopic (exact) mass is 1140 g/mol. The first kappa shape index (κ1) is 79.6. The number of nitrogens with one attached hydrogen (secondary N) is 1. The first-order chi connectivity index (χ1) is 40.0. The summed E-state index contributed by atoms with van der Waals surface area (Å²) in [5.41, 5.74) is 0. The highest BCUT2D eigenvalue weighted by Gasteiger charge is 2.20. The zero-order valence-electron chi connectivity index (χ0n) is 55.3. The molecule has 0 fully saturated rings. The topological polar surface area (TPSA) is 95.9 Å². The number of unbranched alkanes of at least 4 members (excludes halogenated alkanes) is 58. The van der Waals surface area contributed by atoms with Gasteiger partial charge in [-0.25, -0.2) is 0 Å². The van der Waals surface area contributed by atoms with E-state index in [0.29, 0.717) is 25.9 Å². The number of hydrogen-bond acceptors (Lipinski definition) is 5. The van der Waals surface area contributed by atoms with Crippen LogP contribution in [0.25, 0.3) is 0 Å². The lowest BCUT2D eigenvalue weighted by molar-refractivity contribution is -0.143. The predicted octanol–water partition coefficient (Wildman–Crippen LogP) is 24.3. The van der Waals surface area contributed by atoms with Crippen molar-refractivity contribution < 1.29 is 24.5 Å². The minimum atomic E-state index is -0.658. The molecule has 0 aromatic rings.